The zero-order valence-corrected chi connectivity index (χ0v) is 14.4. The molecule has 0 saturated carbocycles. The highest BCUT2D eigenvalue weighted by molar-refractivity contribution is 6.02. The quantitative estimate of drug-likeness (QED) is 0.677. The van der Waals surface area contributed by atoms with Gasteiger partial charge in [-0.2, -0.15) is 13.2 Å². The van der Waals surface area contributed by atoms with E-state index in [1.54, 1.807) is 18.2 Å². The lowest BCUT2D eigenvalue weighted by Gasteiger charge is -2.09. The summed E-state index contributed by atoms with van der Waals surface area (Å²) in [5.74, 6) is -0.633. The van der Waals surface area contributed by atoms with E-state index in [1.165, 1.54) is 36.6 Å². The van der Waals surface area contributed by atoms with Crippen molar-refractivity contribution in [2.24, 2.45) is 0 Å². The van der Waals surface area contributed by atoms with Crippen LogP contribution >= 0.6 is 0 Å². The van der Waals surface area contributed by atoms with Crippen LogP contribution in [0.2, 0.25) is 0 Å². The highest BCUT2D eigenvalue weighted by Crippen LogP contribution is 2.29. The molecule has 8 heteroatoms. The number of nitrogens with one attached hydrogen (secondary N) is 2. The van der Waals surface area contributed by atoms with Crippen LogP contribution in [0, 0.1) is 0 Å². The third-order valence-electron chi connectivity index (χ3n) is 3.88. The minimum atomic E-state index is -4.39. The number of hydrogen-bond donors (Lipinski definition) is 2. The zero-order valence-electron chi connectivity index (χ0n) is 14.4. The van der Waals surface area contributed by atoms with Crippen LogP contribution < -0.4 is 10.6 Å². The molecule has 2 aromatic carbocycles. The summed E-state index contributed by atoms with van der Waals surface area (Å²) in [6.07, 6.45) is -3.01. The fourth-order valence-electron chi connectivity index (χ4n) is 2.40. The van der Waals surface area contributed by atoms with Gasteiger partial charge in [0.15, 0.2) is 5.76 Å². The molecule has 5 nitrogen and oxygen atoms in total. The van der Waals surface area contributed by atoms with Crippen molar-refractivity contribution in [3.8, 4) is 0 Å². The van der Waals surface area contributed by atoms with E-state index in [1.807, 2.05) is 0 Å². The molecule has 0 spiro atoms. The molecule has 0 saturated heterocycles. The second kappa shape index (κ2) is 7.99. The van der Waals surface area contributed by atoms with Crippen molar-refractivity contribution in [2.45, 2.75) is 12.7 Å². The summed E-state index contributed by atoms with van der Waals surface area (Å²) in [5.41, 5.74) is 0.641. The highest BCUT2D eigenvalue weighted by Gasteiger charge is 2.29. The summed E-state index contributed by atoms with van der Waals surface area (Å²) in [5, 5.41) is 5.26. The van der Waals surface area contributed by atoms with Gasteiger partial charge in [-0.3, -0.25) is 9.59 Å². The number of benzene rings is 2. The number of carbonyl (C=O) groups is 2. The minimum Gasteiger partial charge on any atom is -0.459 e. The SMILES string of the molecule is O=C(NCc1ccc(C(F)(F)F)cc1)c1ccc(NC(=O)c2ccco2)cc1. The number of rotatable bonds is 5. The maximum atomic E-state index is 12.5. The van der Waals surface area contributed by atoms with Gasteiger partial charge in [0.2, 0.25) is 0 Å². The predicted octanol–water partition coefficient (Wildman–Crippen LogP) is 4.48. The predicted molar refractivity (Wildman–Crippen MR) is 95.7 cm³/mol. The third kappa shape index (κ3) is 4.79. The third-order valence-corrected chi connectivity index (χ3v) is 3.88. The number of hydrogen-bond acceptors (Lipinski definition) is 3. The number of furan rings is 1. The lowest BCUT2D eigenvalue weighted by Crippen LogP contribution is -2.22. The van der Waals surface area contributed by atoms with Crippen LogP contribution in [0.4, 0.5) is 18.9 Å². The van der Waals surface area contributed by atoms with Crippen LogP contribution in [0.1, 0.15) is 32.0 Å². The first-order valence-corrected chi connectivity index (χ1v) is 8.22. The molecule has 144 valence electrons. The van der Waals surface area contributed by atoms with Gasteiger partial charge in [-0.15, -0.1) is 0 Å². The van der Waals surface area contributed by atoms with E-state index >= 15 is 0 Å². The monoisotopic (exact) mass is 388 g/mol. The lowest BCUT2D eigenvalue weighted by molar-refractivity contribution is -0.137. The van der Waals surface area contributed by atoms with E-state index in [9.17, 15) is 22.8 Å². The van der Waals surface area contributed by atoms with E-state index in [4.69, 9.17) is 4.42 Å². The standard InChI is InChI=1S/C20H15F3N2O3/c21-20(22,23)15-7-3-13(4-8-15)12-24-18(26)14-5-9-16(10-6-14)25-19(27)17-2-1-11-28-17/h1-11H,12H2,(H,24,26)(H,25,27). The Morgan fingerprint density at radius 3 is 2.14 bits per heavy atom. The fourth-order valence-corrected chi connectivity index (χ4v) is 2.40. The Morgan fingerprint density at radius 1 is 0.893 bits per heavy atom. The van der Waals surface area contributed by atoms with E-state index < -0.39 is 17.6 Å². The Bertz CT molecular complexity index is 948. The van der Waals surface area contributed by atoms with Gasteiger partial charge < -0.3 is 15.1 Å². The average Bonchev–Trinajstić information content (AvgIpc) is 3.21. The van der Waals surface area contributed by atoms with Crippen molar-refractivity contribution >= 4 is 17.5 Å². The van der Waals surface area contributed by atoms with E-state index in [2.05, 4.69) is 10.6 Å². The van der Waals surface area contributed by atoms with Crippen LogP contribution in [0.3, 0.4) is 0 Å². The van der Waals surface area contributed by atoms with Crippen LogP contribution in [-0.4, -0.2) is 11.8 Å². The van der Waals surface area contributed by atoms with Gasteiger partial charge >= 0.3 is 6.18 Å². The summed E-state index contributed by atoms with van der Waals surface area (Å²) in [7, 11) is 0. The van der Waals surface area contributed by atoms with Crippen molar-refractivity contribution in [3.05, 3.63) is 89.4 Å². The number of amides is 2. The Morgan fingerprint density at radius 2 is 1.57 bits per heavy atom. The Kier molecular flexibility index (Phi) is 5.49. The maximum Gasteiger partial charge on any atom is 0.416 e. The summed E-state index contributed by atoms with van der Waals surface area (Å²) in [6.45, 7) is 0.0912. The number of halogens is 3. The van der Waals surface area contributed by atoms with Gasteiger partial charge in [0.05, 0.1) is 11.8 Å². The van der Waals surface area contributed by atoms with Crippen LogP contribution in [0.25, 0.3) is 0 Å². The Hall–Kier alpha value is -3.55. The minimum absolute atomic E-state index is 0.0912. The van der Waals surface area contributed by atoms with Crippen molar-refractivity contribution in [3.63, 3.8) is 0 Å². The Labute approximate surface area is 158 Å². The smallest absolute Gasteiger partial charge is 0.416 e. The van der Waals surface area contributed by atoms with Crippen molar-refractivity contribution in [1.82, 2.24) is 5.32 Å². The van der Waals surface area contributed by atoms with Gasteiger partial charge in [0.1, 0.15) is 0 Å². The maximum absolute atomic E-state index is 12.5. The first kappa shape index (κ1) is 19.2. The molecule has 1 aromatic heterocycles. The number of alkyl halides is 3. The fraction of sp³-hybridized carbons (Fsp3) is 0.100. The molecular weight excluding hydrogens is 373 g/mol. The molecular formula is C20H15F3N2O3. The summed E-state index contributed by atoms with van der Waals surface area (Å²) in [6, 6.07) is 13.9. The molecule has 0 bridgehead atoms. The molecule has 3 rings (SSSR count). The largest absolute Gasteiger partial charge is 0.459 e. The molecule has 0 aliphatic carbocycles. The molecule has 3 aromatic rings. The molecule has 2 N–H and O–H groups in total. The van der Waals surface area contributed by atoms with Crippen LogP contribution in [-0.2, 0) is 12.7 Å². The van der Waals surface area contributed by atoms with Crippen molar-refractivity contribution in [2.75, 3.05) is 5.32 Å². The molecule has 0 unspecified atom stereocenters. The number of carbonyl (C=O) groups excluding carboxylic acids is 2. The topological polar surface area (TPSA) is 71.3 Å². The van der Waals surface area contributed by atoms with E-state index in [-0.39, 0.29) is 18.2 Å². The zero-order chi connectivity index (χ0) is 20.1. The second-order valence-corrected chi connectivity index (χ2v) is 5.89. The first-order chi connectivity index (χ1) is 13.3. The van der Waals surface area contributed by atoms with Gasteiger partial charge in [0.25, 0.3) is 11.8 Å². The first-order valence-electron chi connectivity index (χ1n) is 8.22. The van der Waals surface area contributed by atoms with Crippen molar-refractivity contribution in [1.29, 1.82) is 0 Å². The molecule has 1 heterocycles. The molecule has 0 fully saturated rings. The van der Waals surface area contributed by atoms with Gasteiger partial charge in [-0.1, -0.05) is 12.1 Å². The molecule has 0 radical (unpaired) electrons. The molecule has 0 atom stereocenters. The Balaban J connectivity index is 1.55. The number of anilines is 1. The normalized spacial score (nSPS) is 11.1. The summed E-state index contributed by atoms with van der Waals surface area (Å²) in [4.78, 5) is 24.1. The molecule has 2 amide bonds. The second-order valence-electron chi connectivity index (χ2n) is 5.89. The van der Waals surface area contributed by atoms with Gasteiger partial charge in [-0.05, 0) is 54.1 Å². The summed E-state index contributed by atoms with van der Waals surface area (Å²) >= 11 is 0. The van der Waals surface area contributed by atoms with Crippen molar-refractivity contribution < 1.29 is 27.2 Å². The molecule has 0 aliphatic heterocycles. The lowest BCUT2D eigenvalue weighted by atomic mass is 10.1. The molecule has 0 aliphatic rings. The van der Waals surface area contributed by atoms with Crippen LogP contribution in [0.15, 0.2) is 71.3 Å². The van der Waals surface area contributed by atoms with Gasteiger partial charge in [0, 0.05) is 17.8 Å². The van der Waals surface area contributed by atoms with E-state index in [0.717, 1.165) is 12.1 Å². The molecule has 28 heavy (non-hydrogen) atoms. The average molecular weight is 388 g/mol. The van der Waals surface area contributed by atoms with Crippen LogP contribution in [0.5, 0.6) is 0 Å². The highest BCUT2D eigenvalue weighted by atomic mass is 19.4. The van der Waals surface area contributed by atoms with E-state index in [0.29, 0.717) is 16.8 Å². The summed E-state index contributed by atoms with van der Waals surface area (Å²) < 4.78 is 42.6. The van der Waals surface area contributed by atoms with Gasteiger partial charge in [-0.25, -0.2) is 0 Å².